The molecule has 4 nitrogen and oxygen atoms in total. The summed E-state index contributed by atoms with van der Waals surface area (Å²) >= 11 is 24.0. The number of aromatic hydroxyl groups is 2. The topological polar surface area (TPSA) is 46.9 Å². The third kappa shape index (κ3) is 4.69. The summed E-state index contributed by atoms with van der Waals surface area (Å²) in [6.45, 7) is 4.07. The van der Waals surface area contributed by atoms with E-state index in [0.717, 1.165) is 37.3 Å². The predicted molar refractivity (Wildman–Crippen MR) is 107 cm³/mol. The van der Waals surface area contributed by atoms with Gasteiger partial charge in [-0.25, -0.2) is 0 Å². The Morgan fingerprint density at radius 1 is 0.692 bits per heavy atom. The molecule has 0 amide bonds. The number of phenols is 2. The van der Waals surface area contributed by atoms with E-state index in [1.807, 2.05) is 0 Å². The van der Waals surface area contributed by atoms with Crippen LogP contribution in [0.15, 0.2) is 24.3 Å². The first kappa shape index (κ1) is 19.9. The van der Waals surface area contributed by atoms with E-state index in [1.165, 1.54) is 0 Å². The summed E-state index contributed by atoms with van der Waals surface area (Å²) in [4.78, 5) is 4.57. The summed E-state index contributed by atoms with van der Waals surface area (Å²) in [6.07, 6.45) is 1.03. The lowest BCUT2D eigenvalue weighted by molar-refractivity contribution is 0.0746. The van der Waals surface area contributed by atoms with Crippen molar-refractivity contribution in [1.29, 1.82) is 0 Å². The lowest BCUT2D eigenvalue weighted by Gasteiger charge is -2.35. The van der Waals surface area contributed by atoms with Gasteiger partial charge in [-0.05, 0) is 41.8 Å². The molecule has 1 saturated heterocycles. The van der Waals surface area contributed by atoms with E-state index in [-0.39, 0.29) is 31.6 Å². The minimum absolute atomic E-state index is 0.0848. The first-order valence-electron chi connectivity index (χ1n) is 8.12. The second-order valence-corrected chi connectivity index (χ2v) is 8.05. The number of phenolic OH excluding ortho intramolecular Hbond substituents is 2. The van der Waals surface area contributed by atoms with Crippen molar-refractivity contribution in [2.24, 2.45) is 0 Å². The Morgan fingerprint density at radius 2 is 1.04 bits per heavy atom. The Bertz CT molecular complexity index is 704. The van der Waals surface area contributed by atoms with Crippen LogP contribution >= 0.6 is 46.4 Å². The maximum atomic E-state index is 9.68. The molecule has 1 aliphatic rings. The Kier molecular flexibility index (Phi) is 6.44. The van der Waals surface area contributed by atoms with Crippen LogP contribution < -0.4 is 0 Å². The van der Waals surface area contributed by atoms with Gasteiger partial charge >= 0.3 is 0 Å². The number of benzene rings is 2. The summed E-state index contributed by atoms with van der Waals surface area (Å²) in [5.41, 5.74) is 1.91. The van der Waals surface area contributed by atoms with E-state index in [1.54, 1.807) is 24.3 Å². The Hall–Kier alpha value is -0.880. The average Bonchev–Trinajstić information content (AvgIpc) is 2.58. The third-order valence-corrected chi connectivity index (χ3v) is 5.47. The molecule has 1 fully saturated rings. The lowest BCUT2D eigenvalue weighted by Crippen LogP contribution is -2.43. The quantitative estimate of drug-likeness (QED) is 0.676. The Balaban J connectivity index is 1.66. The zero-order valence-electron chi connectivity index (χ0n) is 13.9. The van der Waals surface area contributed by atoms with Crippen molar-refractivity contribution >= 4 is 46.4 Å². The Morgan fingerprint density at radius 3 is 1.38 bits per heavy atom. The third-order valence-electron chi connectivity index (χ3n) is 4.31. The van der Waals surface area contributed by atoms with Crippen molar-refractivity contribution in [2.45, 2.75) is 19.5 Å². The lowest BCUT2D eigenvalue weighted by atomic mass is 10.1. The molecule has 0 unspecified atom stereocenters. The smallest absolute Gasteiger partial charge is 0.152 e. The van der Waals surface area contributed by atoms with Crippen LogP contribution in [0.5, 0.6) is 11.5 Å². The standard InChI is InChI=1S/C18H18Cl4N2O2/c19-13-4-11(5-14(20)17(13)25)8-23-2-1-3-24(10-23)9-12-6-15(21)18(26)16(22)7-12/h4-7,25-26H,1-3,8-10H2. The van der Waals surface area contributed by atoms with Crippen LogP contribution in [-0.4, -0.2) is 39.8 Å². The summed E-state index contributed by atoms with van der Waals surface area (Å²) in [6, 6.07) is 6.95. The molecule has 140 valence electrons. The van der Waals surface area contributed by atoms with E-state index < -0.39 is 0 Å². The SMILES string of the molecule is Oc1c(Cl)cc(CN2CCCN(Cc3cc(Cl)c(O)c(Cl)c3)C2)cc1Cl. The predicted octanol–water partition coefficient (Wildman–Crippen LogP) is 5.38. The highest BCUT2D eigenvalue weighted by atomic mass is 35.5. The molecule has 8 heteroatoms. The van der Waals surface area contributed by atoms with Crippen molar-refractivity contribution in [3.63, 3.8) is 0 Å². The molecule has 0 aromatic heterocycles. The average molecular weight is 436 g/mol. The zero-order valence-corrected chi connectivity index (χ0v) is 16.9. The highest BCUT2D eigenvalue weighted by Gasteiger charge is 2.19. The van der Waals surface area contributed by atoms with Crippen LogP contribution in [-0.2, 0) is 13.1 Å². The maximum Gasteiger partial charge on any atom is 0.152 e. The van der Waals surface area contributed by atoms with Crippen LogP contribution in [0.2, 0.25) is 20.1 Å². The number of halogens is 4. The molecule has 0 aliphatic carbocycles. The summed E-state index contributed by atoms with van der Waals surface area (Å²) < 4.78 is 0. The van der Waals surface area contributed by atoms with E-state index in [9.17, 15) is 10.2 Å². The fourth-order valence-corrected chi connectivity index (χ4v) is 4.20. The molecule has 0 radical (unpaired) electrons. The number of hydrogen-bond acceptors (Lipinski definition) is 4. The van der Waals surface area contributed by atoms with E-state index in [2.05, 4.69) is 9.80 Å². The van der Waals surface area contributed by atoms with Crippen LogP contribution in [0.4, 0.5) is 0 Å². The van der Waals surface area contributed by atoms with Gasteiger partial charge in [-0.1, -0.05) is 46.4 Å². The van der Waals surface area contributed by atoms with Gasteiger partial charge in [-0.2, -0.15) is 0 Å². The fraction of sp³-hybridized carbons (Fsp3) is 0.333. The van der Waals surface area contributed by atoms with Gasteiger partial charge in [0, 0.05) is 26.2 Å². The largest absolute Gasteiger partial charge is 0.505 e. The van der Waals surface area contributed by atoms with Crippen molar-refractivity contribution in [1.82, 2.24) is 9.80 Å². The minimum atomic E-state index is -0.0848. The molecule has 0 bridgehead atoms. The van der Waals surface area contributed by atoms with Gasteiger partial charge < -0.3 is 10.2 Å². The van der Waals surface area contributed by atoms with E-state index >= 15 is 0 Å². The van der Waals surface area contributed by atoms with Crippen LogP contribution in [0, 0.1) is 0 Å². The molecule has 0 atom stereocenters. The van der Waals surface area contributed by atoms with Crippen LogP contribution in [0.1, 0.15) is 17.5 Å². The summed E-state index contributed by atoms with van der Waals surface area (Å²) in [5.74, 6) is -0.170. The van der Waals surface area contributed by atoms with E-state index in [0.29, 0.717) is 13.1 Å². The molecular weight excluding hydrogens is 418 g/mol. The van der Waals surface area contributed by atoms with Gasteiger partial charge in [-0.3, -0.25) is 9.80 Å². The van der Waals surface area contributed by atoms with Gasteiger partial charge in [0.05, 0.1) is 26.8 Å². The summed E-state index contributed by atoms with van der Waals surface area (Å²) in [5, 5.41) is 20.4. The molecule has 2 N–H and O–H groups in total. The van der Waals surface area contributed by atoms with Gasteiger partial charge in [0.15, 0.2) is 11.5 Å². The van der Waals surface area contributed by atoms with Crippen molar-refractivity contribution in [3.8, 4) is 11.5 Å². The van der Waals surface area contributed by atoms with Gasteiger partial charge in [0.1, 0.15) is 0 Å². The second-order valence-electron chi connectivity index (χ2n) is 6.42. The normalized spacial score (nSPS) is 16.2. The van der Waals surface area contributed by atoms with Crippen molar-refractivity contribution in [3.05, 3.63) is 55.5 Å². The van der Waals surface area contributed by atoms with Crippen molar-refractivity contribution in [2.75, 3.05) is 19.8 Å². The number of hydrogen-bond donors (Lipinski definition) is 2. The van der Waals surface area contributed by atoms with Gasteiger partial charge in [0.25, 0.3) is 0 Å². The molecule has 1 heterocycles. The van der Waals surface area contributed by atoms with Gasteiger partial charge in [0.2, 0.25) is 0 Å². The molecule has 0 spiro atoms. The van der Waals surface area contributed by atoms with E-state index in [4.69, 9.17) is 46.4 Å². The molecule has 0 saturated carbocycles. The monoisotopic (exact) mass is 434 g/mol. The maximum absolute atomic E-state index is 9.68. The second kappa shape index (κ2) is 8.42. The Labute approximate surface area is 172 Å². The molecular formula is C18H18Cl4N2O2. The highest BCUT2D eigenvalue weighted by Crippen LogP contribution is 2.34. The first-order chi connectivity index (χ1) is 12.3. The molecule has 1 aliphatic heterocycles. The van der Waals surface area contributed by atoms with Crippen molar-refractivity contribution < 1.29 is 10.2 Å². The van der Waals surface area contributed by atoms with Gasteiger partial charge in [-0.15, -0.1) is 0 Å². The zero-order chi connectivity index (χ0) is 18.8. The molecule has 2 aromatic rings. The number of nitrogens with zero attached hydrogens (tertiary/aromatic N) is 2. The summed E-state index contributed by atoms with van der Waals surface area (Å²) in [7, 11) is 0. The minimum Gasteiger partial charge on any atom is -0.505 e. The molecule has 26 heavy (non-hydrogen) atoms. The first-order valence-corrected chi connectivity index (χ1v) is 9.63. The van der Waals surface area contributed by atoms with Crippen LogP contribution in [0.25, 0.3) is 0 Å². The van der Waals surface area contributed by atoms with Crippen LogP contribution in [0.3, 0.4) is 0 Å². The molecule has 3 rings (SSSR count). The highest BCUT2D eigenvalue weighted by molar-refractivity contribution is 6.37. The fourth-order valence-electron chi connectivity index (χ4n) is 3.14. The number of rotatable bonds is 4. The molecule has 2 aromatic carbocycles.